The molecule has 2 heterocycles. The van der Waals surface area contributed by atoms with Crippen LogP contribution in [-0.4, -0.2) is 0 Å². The predicted octanol–water partition coefficient (Wildman–Crippen LogP) is 7.91. The zero-order chi connectivity index (χ0) is 16.1. The first-order chi connectivity index (χ1) is 11.0. The van der Waals surface area contributed by atoms with Crippen LogP contribution in [-0.2, 0) is 0 Å². The van der Waals surface area contributed by atoms with Crippen LogP contribution in [0.2, 0.25) is 0 Å². The number of fused-ring (bicyclic) bond motifs is 3. The summed E-state index contributed by atoms with van der Waals surface area (Å²) in [5.41, 5.74) is 0. The molecule has 4 rings (SSSR count). The van der Waals surface area contributed by atoms with Crippen LogP contribution >= 0.6 is 22.7 Å². The Labute approximate surface area is 145 Å². The molecule has 0 fully saturated rings. The van der Waals surface area contributed by atoms with Crippen LogP contribution in [0.4, 0.5) is 0 Å². The Kier molecular flexibility index (Phi) is 3.70. The Morgan fingerprint density at radius 2 is 1.22 bits per heavy atom. The topological polar surface area (TPSA) is 0 Å². The minimum Gasteiger partial charge on any atom is -0.140 e. The predicted molar refractivity (Wildman–Crippen MR) is 108 cm³/mol. The highest BCUT2D eigenvalue weighted by atomic mass is 32.1. The molecule has 0 nitrogen and oxygen atoms in total. The number of hydrogen-bond acceptors (Lipinski definition) is 2. The lowest BCUT2D eigenvalue weighted by molar-refractivity contribution is 0.748. The molecule has 0 aliphatic carbocycles. The van der Waals surface area contributed by atoms with Crippen molar-refractivity contribution in [2.45, 2.75) is 46.0 Å². The van der Waals surface area contributed by atoms with E-state index in [9.17, 15) is 0 Å². The van der Waals surface area contributed by atoms with Gasteiger partial charge in [0.2, 0.25) is 0 Å². The first kappa shape index (κ1) is 15.2. The monoisotopic (exact) mass is 338 g/mol. The normalized spacial score (nSPS) is 13.6. The van der Waals surface area contributed by atoms with E-state index in [1.807, 2.05) is 22.7 Å². The van der Waals surface area contributed by atoms with Gasteiger partial charge < -0.3 is 0 Å². The Hall–Kier alpha value is -1.38. The molecule has 23 heavy (non-hydrogen) atoms. The zero-order valence-electron chi connectivity index (χ0n) is 14.1. The van der Waals surface area contributed by atoms with E-state index in [0.29, 0.717) is 11.8 Å². The molecule has 0 aliphatic rings. The van der Waals surface area contributed by atoms with E-state index in [1.165, 1.54) is 47.1 Å². The molecule has 0 N–H and O–H groups in total. The van der Waals surface area contributed by atoms with Gasteiger partial charge in [0.05, 0.1) is 0 Å². The summed E-state index contributed by atoms with van der Waals surface area (Å²) in [5, 5.41) is 5.54. The Balaban J connectivity index is 1.93. The fourth-order valence-corrected chi connectivity index (χ4v) is 5.42. The second-order valence-corrected chi connectivity index (χ2v) is 9.12. The molecule has 2 aromatic heterocycles. The van der Waals surface area contributed by atoms with Crippen LogP contribution in [0.1, 0.15) is 55.7 Å². The molecule has 2 aromatic carbocycles. The smallest absolute Gasteiger partial charge is 0.0352 e. The van der Waals surface area contributed by atoms with E-state index in [1.54, 1.807) is 0 Å². The molecule has 0 amide bonds. The van der Waals surface area contributed by atoms with Gasteiger partial charge in [-0.2, -0.15) is 0 Å². The fraction of sp³-hybridized carbons (Fsp3) is 0.333. The van der Waals surface area contributed by atoms with Gasteiger partial charge in [-0.25, -0.2) is 0 Å². The molecular weight excluding hydrogens is 316 g/mol. The van der Waals surface area contributed by atoms with Crippen molar-refractivity contribution < 1.29 is 0 Å². The van der Waals surface area contributed by atoms with E-state index in [4.69, 9.17) is 0 Å². The maximum atomic E-state index is 2.39. The largest absolute Gasteiger partial charge is 0.140 e. The van der Waals surface area contributed by atoms with Crippen LogP contribution in [0.5, 0.6) is 0 Å². The molecule has 0 spiro atoms. The standard InChI is InChI=1S/C21H22S2/c1-5-13(4)19-11-17-7-15-8-20-16(10-18(22-20)12(2)3)6-14(15)9-21(17)23-19/h6-13H,5H2,1-4H3. The van der Waals surface area contributed by atoms with Crippen LogP contribution in [0.3, 0.4) is 0 Å². The van der Waals surface area contributed by atoms with Crippen molar-refractivity contribution in [2.75, 3.05) is 0 Å². The summed E-state index contributed by atoms with van der Waals surface area (Å²) in [6, 6.07) is 14.3. The van der Waals surface area contributed by atoms with Crippen LogP contribution in [0.25, 0.3) is 30.9 Å². The van der Waals surface area contributed by atoms with Crippen LogP contribution < -0.4 is 0 Å². The molecule has 4 aromatic rings. The summed E-state index contributed by atoms with van der Waals surface area (Å²) in [5.74, 6) is 1.27. The van der Waals surface area contributed by atoms with Gasteiger partial charge >= 0.3 is 0 Å². The lowest BCUT2D eigenvalue weighted by atomic mass is 10.0. The van der Waals surface area contributed by atoms with Gasteiger partial charge in [-0.3, -0.25) is 0 Å². The molecule has 1 atom stereocenters. The highest BCUT2D eigenvalue weighted by Gasteiger charge is 2.11. The van der Waals surface area contributed by atoms with Crippen molar-refractivity contribution in [2.24, 2.45) is 0 Å². The third-order valence-electron chi connectivity index (χ3n) is 4.82. The van der Waals surface area contributed by atoms with Crippen molar-refractivity contribution in [1.82, 2.24) is 0 Å². The van der Waals surface area contributed by atoms with E-state index >= 15 is 0 Å². The summed E-state index contributed by atoms with van der Waals surface area (Å²) >= 11 is 3.90. The fourth-order valence-electron chi connectivity index (χ4n) is 3.09. The van der Waals surface area contributed by atoms with E-state index in [0.717, 1.165) is 0 Å². The first-order valence-corrected chi connectivity index (χ1v) is 10.1. The van der Waals surface area contributed by atoms with Gasteiger partial charge in [-0.15, -0.1) is 22.7 Å². The summed E-state index contributed by atoms with van der Waals surface area (Å²) in [6.45, 7) is 9.15. The van der Waals surface area contributed by atoms with Crippen LogP contribution in [0.15, 0.2) is 36.4 Å². The number of benzene rings is 2. The molecule has 0 bridgehead atoms. The van der Waals surface area contributed by atoms with E-state index in [-0.39, 0.29) is 0 Å². The lowest BCUT2D eigenvalue weighted by Crippen LogP contribution is -1.84. The quantitative estimate of drug-likeness (QED) is 0.356. The minimum atomic E-state index is 0.608. The number of rotatable bonds is 3. The van der Waals surface area contributed by atoms with Crippen LogP contribution in [0, 0.1) is 0 Å². The maximum Gasteiger partial charge on any atom is 0.0352 e. The summed E-state index contributed by atoms with van der Waals surface area (Å²) in [6.07, 6.45) is 1.21. The first-order valence-electron chi connectivity index (χ1n) is 8.46. The molecule has 0 aliphatic heterocycles. The summed E-state index contributed by atoms with van der Waals surface area (Å²) in [7, 11) is 0. The average Bonchev–Trinajstić information content (AvgIpc) is 3.12. The number of hydrogen-bond donors (Lipinski definition) is 0. The van der Waals surface area contributed by atoms with Crippen molar-refractivity contribution in [3.05, 3.63) is 46.2 Å². The van der Waals surface area contributed by atoms with Crippen molar-refractivity contribution in [1.29, 1.82) is 0 Å². The second-order valence-electron chi connectivity index (χ2n) is 6.89. The van der Waals surface area contributed by atoms with Crippen molar-refractivity contribution in [3.8, 4) is 0 Å². The maximum absolute atomic E-state index is 2.39. The Morgan fingerprint density at radius 1 is 0.696 bits per heavy atom. The molecule has 0 radical (unpaired) electrons. The van der Waals surface area contributed by atoms with E-state index < -0.39 is 0 Å². The van der Waals surface area contributed by atoms with Gasteiger partial charge in [0.1, 0.15) is 0 Å². The molecule has 0 saturated heterocycles. The third-order valence-corrected chi connectivity index (χ3v) is 7.54. The highest BCUT2D eigenvalue weighted by molar-refractivity contribution is 7.19. The second kappa shape index (κ2) is 5.61. The van der Waals surface area contributed by atoms with Crippen molar-refractivity contribution >= 4 is 53.6 Å². The minimum absolute atomic E-state index is 0.608. The average molecular weight is 339 g/mol. The summed E-state index contributed by atoms with van der Waals surface area (Å²) in [4.78, 5) is 3.00. The Bertz CT molecular complexity index is 930. The van der Waals surface area contributed by atoms with E-state index in [2.05, 4.69) is 64.1 Å². The van der Waals surface area contributed by atoms with Crippen molar-refractivity contribution in [3.63, 3.8) is 0 Å². The highest BCUT2D eigenvalue weighted by Crippen LogP contribution is 2.38. The molecule has 1 unspecified atom stereocenters. The number of thiophene rings is 2. The zero-order valence-corrected chi connectivity index (χ0v) is 15.8. The third kappa shape index (κ3) is 2.58. The molecule has 118 valence electrons. The van der Waals surface area contributed by atoms with Gasteiger partial charge in [0.15, 0.2) is 0 Å². The molecular formula is C21H22S2. The van der Waals surface area contributed by atoms with Gasteiger partial charge in [-0.1, -0.05) is 27.7 Å². The van der Waals surface area contributed by atoms with Gasteiger partial charge in [0, 0.05) is 19.2 Å². The SMILES string of the molecule is CCC(C)c1cc2cc3cc4sc(C(C)C)cc4cc3cc2s1. The molecule has 2 heteroatoms. The molecule has 0 saturated carbocycles. The lowest BCUT2D eigenvalue weighted by Gasteiger charge is -2.02. The van der Waals surface area contributed by atoms with Gasteiger partial charge in [-0.05, 0) is 76.2 Å². The van der Waals surface area contributed by atoms with Gasteiger partial charge in [0.25, 0.3) is 0 Å². The Morgan fingerprint density at radius 3 is 1.74 bits per heavy atom. The summed E-state index contributed by atoms with van der Waals surface area (Å²) < 4.78 is 2.84.